The van der Waals surface area contributed by atoms with Crippen molar-refractivity contribution in [2.24, 2.45) is 0 Å². The van der Waals surface area contributed by atoms with Gasteiger partial charge in [-0.05, 0) is 96.3 Å². The quantitative estimate of drug-likeness (QED) is 0.0380. The lowest BCUT2D eigenvalue weighted by molar-refractivity contribution is -0.154. The van der Waals surface area contributed by atoms with E-state index in [1.807, 2.05) is 0 Å². The van der Waals surface area contributed by atoms with E-state index < -0.39 is 6.10 Å². The van der Waals surface area contributed by atoms with Crippen LogP contribution in [0, 0.1) is 0 Å². The fourth-order valence-corrected chi connectivity index (χ4v) is 6.12. The Morgan fingerprint density at radius 1 is 0.439 bits per heavy atom. The van der Waals surface area contributed by atoms with Gasteiger partial charge in [0.2, 0.25) is 0 Å². The molecule has 0 saturated heterocycles. The Morgan fingerprint density at radius 3 is 1.19 bits per heavy atom. The topological polar surface area (TPSA) is 55.8 Å². The molecule has 0 spiro atoms. The first-order chi connectivity index (χ1) is 28.2. The first kappa shape index (κ1) is 54.0. The van der Waals surface area contributed by atoms with Gasteiger partial charge in [-0.1, -0.05) is 200 Å². The van der Waals surface area contributed by atoms with Gasteiger partial charge in [-0.3, -0.25) is 4.79 Å². The third-order valence-electron chi connectivity index (χ3n) is 9.58. The van der Waals surface area contributed by atoms with Gasteiger partial charge in [0, 0.05) is 13.0 Å². The number of ether oxygens (including phenoxy) is 2. The summed E-state index contributed by atoms with van der Waals surface area (Å²) < 4.78 is 11.1. The van der Waals surface area contributed by atoms with Crippen LogP contribution in [-0.2, 0) is 14.3 Å². The molecule has 1 unspecified atom stereocenters. The zero-order chi connectivity index (χ0) is 41.2. The minimum Gasteiger partial charge on any atom is -0.457 e. The van der Waals surface area contributed by atoms with Crippen molar-refractivity contribution in [3.8, 4) is 0 Å². The molecule has 0 rings (SSSR count). The van der Waals surface area contributed by atoms with E-state index in [9.17, 15) is 9.90 Å². The van der Waals surface area contributed by atoms with Gasteiger partial charge < -0.3 is 14.6 Å². The third kappa shape index (κ3) is 47.3. The van der Waals surface area contributed by atoms with Crippen molar-refractivity contribution in [3.63, 3.8) is 0 Å². The molecule has 0 aromatic carbocycles. The van der Waals surface area contributed by atoms with Crippen molar-refractivity contribution < 1.29 is 19.4 Å². The van der Waals surface area contributed by atoms with Crippen molar-refractivity contribution in [2.45, 2.75) is 200 Å². The molecule has 4 nitrogen and oxygen atoms in total. The highest BCUT2D eigenvalue weighted by molar-refractivity contribution is 5.69. The van der Waals surface area contributed by atoms with E-state index in [0.717, 1.165) is 77.0 Å². The number of aliphatic hydroxyl groups is 1. The van der Waals surface area contributed by atoms with Crippen molar-refractivity contribution >= 4 is 5.97 Å². The van der Waals surface area contributed by atoms with E-state index in [-0.39, 0.29) is 19.2 Å². The first-order valence-corrected chi connectivity index (χ1v) is 23.5. The molecule has 324 valence electrons. The van der Waals surface area contributed by atoms with Gasteiger partial charge in [0.25, 0.3) is 0 Å². The number of esters is 1. The average Bonchev–Trinajstić information content (AvgIpc) is 3.22. The second kappa shape index (κ2) is 49.2. The predicted molar refractivity (Wildman–Crippen MR) is 251 cm³/mol. The van der Waals surface area contributed by atoms with Crippen LogP contribution in [0.25, 0.3) is 0 Å². The van der Waals surface area contributed by atoms with Crippen molar-refractivity contribution in [1.82, 2.24) is 0 Å². The molecule has 0 saturated carbocycles. The maximum atomic E-state index is 12.2. The van der Waals surface area contributed by atoms with E-state index in [2.05, 4.69) is 123 Å². The zero-order valence-corrected chi connectivity index (χ0v) is 37.1. The molecule has 0 aromatic rings. The minimum atomic E-state index is -0.575. The van der Waals surface area contributed by atoms with Gasteiger partial charge in [0.05, 0.1) is 13.2 Å². The molecular weight excluding hydrogens is 701 g/mol. The largest absolute Gasteiger partial charge is 0.457 e. The van der Waals surface area contributed by atoms with Gasteiger partial charge in [-0.25, -0.2) is 0 Å². The van der Waals surface area contributed by atoms with Crippen LogP contribution in [-0.4, -0.2) is 37.0 Å². The number of allylic oxidation sites excluding steroid dienone is 18. The predicted octanol–water partition coefficient (Wildman–Crippen LogP) is 15.9. The van der Waals surface area contributed by atoms with E-state index in [1.54, 1.807) is 0 Å². The van der Waals surface area contributed by atoms with E-state index in [4.69, 9.17) is 9.47 Å². The third-order valence-corrected chi connectivity index (χ3v) is 9.58. The molecule has 0 aromatic heterocycles. The standard InChI is InChI=1S/C53H88O4/c1-3-5-7-9-11-13-15-17-19-21-23-25-26-27-28-29-30-32-34-36-38-40-42-44-46-48-53(55)57-52(50-54)51-56-49-47-45-43-41-39-37-35-33-31-24-22-20-18-16-14-12-10-8-6-4-2/h6,8,12,14-15,17-18,20-21,23-24,26-27,31,35,37,41,43,52,54H,3-5,7,9-11,13,16,19,22,25,28-30,32-34,36,38-40,42,44-51H2,1-2H3/b8-6-,14-12-,17-15-,20-18-,23-21-,27-26-,31-24-,37-35-,43-41-. The molecule has 1 atom stereocenters. The second-order valence-electron chi connectivity index (χ2n) is 15.1. The highest BCUT2D eigenvalue weighted by Gasteiger charge is 2.13. The summed E-state index contributed by atoms with van der Waals surface area (Å²) in [5, 5.41) is 9.62. The van der Waals surface area contributed by atoms with Crippen LogP contribution in [0.3, 0.4) is 0 Å². The van der Waals surface area contributed by atoms with Gasteiger partial charge >= 0.3 is 5.97 Å². The molecular formula is C53H88O4. The van der Waals surface area contributed by atoms with Crippen LogP contribution in [0.2, 0.25) is 0 Å². The van der Waals surface area contributed by atoms with Crippen molar-refractivity contribution in [1.29, 1.82) is 0 Å². The number of unbranched alkanes of at least 4 members (excludes halogenated alkanes) is 16. The first-order valence-electron chi connectivity index (χ1n) is 23.5. The Morgan fingerprint density at radius 2 is 0.789 bits per heavy atom. The lowest BCUT2D eigenvalue weighted by atomic mass is 10.0. The van der Waals surface area contributed by atoms with Crippen LogP contribution in [0.5, 0.6) is 0 Å². The minimum absolute atomic E-state index is 0.204. The number of hydrogen-bond acceptors (Lipinski definition) is 4. The Kier molecular flexibility index (Phi) is 46.7. The summed E-state index contributed by atoms with van der Waals surface area (Å²) in [4.78, 5) is 12.2. The SMILES string of the molecule is CC/C=C\C/C=C\C/C=C\C/C=C\C/C=C\C/C=C\CCCOCC(CO)OC(=O)CCCCCCCCCCCC/C=C\C/C=C\C/C=C\CCCCCCC. The molecule has 57 heavy (non-hydrogen) atoms. The van der Waals surface area contributed by atoms with Crippen LogP contribution < -0.4 is 0 Å². The molecule has 4 heteroatoms. The fourth-order valence-electron chi connectivity index (χ4n) is 6.12. The molecule has 0 aliphatic carbocycles. The lowest BCUT2D eigenvalue weighted by Gasteiger charge is -2.15. The molecule has 1 N–H and O–H groups in total. The van der Waals surface area contributed by atoms with E-state index in [0.29, 0.717) is 13.0 Å². The van der Waals surface area contributed by atoms with Gasteiger partial charge in [-0.2, -0.15) is 0 Å². The maximum absolute atomic E-state index is 12.2. The van der Waals surface area contributed by atoms with Crippen LogP contribution in [0.15, 0.2) is 109 Å². The van der Waals surface area contributed by atoms with Gasteiger partial charge in [-0.15, -0.1) is 0 Å². The number of rotatable bonds is 42. The van der Waals surface area contributed by atoms with Gasteiger partial charge in [0.1, 0.15) is 6.10 Å². The Hall–Kier alpha value is -2.95. The van der Waals surface area contributed by atoms with Crippen LogP contribution >= 0.6 is 0 Å². The summed E-state index contributed by atoms with van der Waals surface area (Å²) in [6.45, 7) is 5.06. The number of carbonyl (C=O) groups excluding carboxylic acids is 1. The Bertz CT molecular complexity index is 1100. The summed E-state index contributed by atoms with van der Waals surface area (Å²) in [6.07, 6.45) is 71.7. The van der Waals surface area contributed by atoms with E-state index in [1.165, 1.54) is 96.3 Å². The fraction of sp³-hybridized carbons (Fsp3) is 0.642. The Balaban J connectivity index is 3.56. The van der Waals surface area contributed by atoms with Crippen LogP contribution in [0.4, 0.5) is 0 Å². The molecule has 0 aliphatic heterocycles. The molecule has 0 radical (unpaired) electrons. The summed E-state index contributed by atoms with van der Waals surface area (Å²) in [7, 11) is 0. The Labute approximate surface area is 353 Å². The monoisotopic (exact) mass is 789 g/mol. The summed E-state index contributed by atoms with van der Waals surface area (Å²) in [6, 6.07) is 0. The number of hydrogen-bond donors (Lipinski definition) is 1. The molecule has 0 amide bonds. The van der Waals surface area contributed by atoms with Crippen LogP contribution in [0.1, 0.15) is 194 Å². The zero-order valence-electron chi connectivity index (χ0n) is 37.1. The molecule has 0 aliphatic rings. The molecule has 0 heterocycles. The summed E-state index contributed by atoms with van der Waals surface area (Å²) >= 11 is 0. The van der Waals surface area contributed by atoms with Crippen molar-refractivity contribution in [2.75, 3.05) is 19.8 Å². The van der Waals surface area contributed by atoms with E-state index >= 15 is 0 Å². The number of carbonyl (C=O) groups is 1. The highest BCUT2D eigenvalue weighted by atomic mass is 16.6. The number of aliphatic hydroxyl groups excluding tert-OH is 1. The highest BCUT2D eigenvalue weighted by Crippen LogP contribution is 2.13. The average molecular weight is 789 g/mol. The van der Waals surface area contributed by atoms with Crippen molar-refractivity contribution in [3.05, 3.63) is 109 Å². The normalized spacial score (nSPS) is 13.4. The molecule has 0 bridgehead atoms. The lowest BCUT2D eigenvalue weighted by Crippen LogP contribution is -2.27. The summed E-state index contributed by atoms with van der Waals surface area (Å²) in [5.41, 5.74) is 0. The maximum Gasteiger partial charge on any atom is 0.306 e. The smallest absolute Gasteiger partial charge is 0.306 e. The molecule has 0 fully saturated rings. The second-order valence-corrected chi connectivity index (χ2v) is 15.1. The summed E-state index contributed by atoms with van der Waals surface area (Å²) in [5.74, 6) is -0.228. The van der Waals surface area contributed by atoms with Gasteiger partial charge in [0.15, 0.2) is 0 Å².